The molecule has 2 aromatic carbocycles. The lowest BCUT2D eigenvalue weighted by Gasteiger charge is -2.34. The van der Waals surface area contributed by atoms with Crippen LogP contribution in [0.5, 0.6) is 5.75 Å². The minimum absolute atomic E-state index is 0.0279. The van der Waals surface area contributed by atoms with E-state index in [1.165, 1.54) is 0 Å². The summed E-state index contributed by atoms with van der Waals surface area (Å²) in [6.07, 6.45) is 0. The molecule has 166 valence electrons. The van der Waals surface area contributed by atoms with Crippen LogP contribution in [0.1, 0.15) is 17.3 Å². The second kappa shape index (κ2) is 9.40. The molecule has 5 rings (SSSR count). The molecule has 1 aliphatic heterocycles. The van der Waals surface area contributed by atoms with Gasteiger partial charge in [0.15, 0.2) is 5.13 Å². The number of amides is 1. The van der Waals surface area contributed by atoms with Crippen LogP contribution in [0.4, 0.5) is 5.13 Å². The van der Waals surface area contributed by atoms with Gasteiger partial charge in [0.1, 0.15) is 5.75 Å². The summed E-state index contributed by atoms with van der Waals surface area (Å²) in [6, 6.07) is 11.7. The Morgan fingerprint density at radius 2 is 1.94 bits per heavy atom. The first-order valence-electron chi connectivity index (χ1n) is 10.8. The Hall–Kier alpha value is -2.75. The second-order valence-electron chi connectivity index (χ2n) is 7.68. The molecule has 1 saturated heterocycles. The van der Waals surface area contributed by atoms with Gasteiger partial charge in [0, 0.05) is 44.8 Å². The van der Waals surface area contributed by atoms with E-state index in [1.807, 2.05) is 37.3 Å². The van der Waals surface area contributed by atoms with E-state index >= 15 is 0 Å². The molecule has 0 bridgehead atoms. The number of nitrogens with zero attached hydrogens (tertiary/aromatic N) is 4. The molecule has 1 aliphatic rings. The topological polar surface area (TPSA) is 70.6 Å². The van der Waals surface area contributed by atoms with Gasteiger partial charge < -0.3 is 15.0 Å². The number of carbonyl (C=O) groups excluding carboxylic acids is 1. The van der Waals surface area contributed by atoms with Gasteiger partial charge >= 0.3 is 0 Å². The molecule has 0 unspecified atom stereocenters. The molecule has 3 heterocycles. The van der Waals surface area contributed by atoms with E-state index in [1.54, 1.807) is 28.2 Å². The third-order valence-electron chi connectivity index (χ3n) is 5.61. The molecular formula is C23H25N5O2S2. The number of hydrogen-bond donors (Lipinski definition) is 1. The van der Waals surface area contributed by atoms with Crippen LogP contribution in [0.25, 0.3) is 20.4 Å². The van der Waals surface area contributed by atoms with Crippen molar-refractivity contribution in [2.24, 2.45) is 0 Å². The summed E-state index contributed by atoms with van der Waals surface area (Å²) in [4.78, 5) is 26.3. The van der Waals surface area contributed by atoms with Crippen molar-refractivity contribution in [1.29, 1.82) is 0 Å². The van der Waals surface area contributed by atoms with Crippen molar-refractivity contribution < 1.29 is 9.53 Å². The molecule has 0 aliphatic carbocycles. The van der Waals surface area contributed by atoms with Gasteiger partial charge in [-0.25, -0.2) is 9.97 Å². The molecule has 1 fully saturated rings. The number of aromatic nitrogens is 2. The molecule has 0 spiro atoms. The fourth-order valence-electron chi connectivity index (χ4n) is 3.87. The highest BCUT2D eigenvalue weighted by Gasteiger charge is 2.20. The first-order chi connectivity index (χ1) is 15.7. The maximum atomic E-state index is 12.5. The minimum atomic E-state index is -0.0279. The molecule has 1 amide bonds. The monoisotopic (exact) mass is 467 g/mol. The number of hydrogen-bond acceptors (Lipinski definition) is 8. The highest BCUT2D eigenvalue weighted by molar-refractivity contribution is 7.22. The van der Waals surface area contributed by atoms with Crippen LogP contribution in [0.2, 0.25) is 0 Å². The molecule has 2 aromatic heterocycles. The Balaban J connectivity index is 1.11. The summed E-state index contributed by atoms with van der Waals surface area (Å²) in [5, 5.41) is 4.12. The molecule has 0 saturated carbocycles. The number of thiazole rings is 2. The number of carbonyl (C=O) groups is 1. The van der Waals surface area contributed by atoms with E-state index in [0.717, 1.165) is 64.0 Å². The van der Waals surface area contributed by atoms with Gasteiger partial charge in [-0.2, -0.15) is 0 Å². The van der Waals surface area contributed by atoms with E-state index in [9.17, 15) is 4.79 Å². The third kappa shape index (κ3) is 4.55. The SMILES string of the molecule is CCOc1ccc2nc(N3CCN(CCNC(=O)c4ccc5ncsc5c4)CC3)sc2c1. The van der Waals surface area contributed by atoms with Crippen molar-refractivity contribution in [3.63, 3.8) is 0 Å². The van der Waals surface area contributed by atoms with Crippen molar-refractivity contribution >= 4 is 54.1 Å². The zero-order chi connectivity index (χ0) is 21.9. The maximum Gasteiger partial charge on any atom is 0.251 e. The summed E-state index contributed by atoms with van der Waals surface area (Å²) in [6.45, 7) is 7.95. The third-order valence-corrected chi connectivity index (χ3v) is 7.48. The number of rotatable bonds is 7. The number of ether oxygens (including phenoxy) is 1. The normalized spacial score (nSPS) is 14.8. The van der Waals surface area contributed by atoms with Crippen molar-refractivity contribution in [3.05, 3.63) is 47.5 Å². The highest BCUT2D eigenvalue weighted by Crippen LogP contribution is 2.32. The molecule has 0 radical (unpaired) electrons. The Morgan fingerprint density at radius 1 is 1.09 bits per heavy atom. The van der Waals surface area contributed by atoms with Crippen LogP contribution in [-0.4, -0.2) is 66.7 Å². The first-order valence-corrected chi connectivity index (χ1v) is 12.5. The van der Waals surface area contributed by atoms with Crippen molar-refractivity contribution in [2.45, 2.75) is 6.92 Å². The molecule has 32 heavy (non-hydrogen) atoms. The van der Waals surface area contributed by atoms with E-state index in [4.69, 9.17) is 9.72 Å². The van der Waals surface area contributed by atoms with E-state index in [-0.39, 0.29) is 5.91 Å². The van der Waals surface area contributed by atoms with Gasteiger partial charge in [-0.05, 0) is 43.3 Å². The average Bonchev–Trinajstić information content (AvgIpc) is 3.45. The van der Waals surface area contributed by atoms with E-state index < -0.39 is 0 Å². The lowest BCUT2D eigenvalue weighted by molar-refractivity contribution is 0.0948. The Labute approximate surface area is 194 Å². The Kier molecular flexibility index (Phi) is 6.20. The molecule has 0 atom stereocenters. The van der Waals surface area contributed by atoms with Crippen molar-refractivity contribution in [1.82, 2.24) is 20.2 Å². The Bertz CT molecular complexity index is 1230. The predicted molar refractivity (Wildman–Crippen MR) is 131 cm³/mol. The standard InChI is InChI=1S/C23H25N5O2S2/c1-2-30-17-4-6-19-21(14-17)32-23(26-19)28-11-9-27(10-12-28)8-7-24-22(29)16-3-5-18-20(13-16)31-15-25-18/h3-6,13-15H,2,7-12H2,1H3,(H,24,29). The summed E-state index contributed by atoms with van der Waals surface area (Å²) < 4.78 is 7.81. The lowest BCUT2D eigenvalue weighted by atomic mass is 10.2. The van der Waals surface area contributed by atoms with Crippen molar-refractivity contribution in [2.75, 3.05) is 50.8 Å². The van der Waals surface area contributed by atoms with E-state index in [0.29, 0.717) is 18.7 Å². The summed E-state index contributed by atoms with van der Waals surface area (Å²) in [5.74, 6) is 0.869. The molecular weight excluding hydrogens is 442 g/mol. The molecule has 1 N–H and O–H groups in total. The van der Waals surface area contributed by atoms with Gasteiger partial charge in [0.25, 0.3) is 5.91 Å². The van der Waals surface area contributed by atoms with E-state index in [2.05, 4.69) is 26.2 Å². The molecule has 7 nitrogen and oxygen atoms in total. The summed E-state index contributed by atoms with van der Waals surface area (Å²) >= 11 is 3.27. The number of fused-ring (bicyclic) bond motifs is 2. The maximum absolute atomic E-state index is 12.5. The number of anilines is 1. The fraction of sp³-hybridized carbons (Fsp3) is 0.348. The van der Waals surface area contributed by atoms with Crippen LogP contribution in [0, 0.1) is 0 Å². The zero-order valence-electron chi connectivity index (χ0n) is 17.9. The van der Waals surface area contributed by atoms with Crippen LogP contribution >= 0.6 is 22.7 Å². The van der Waals surface area contributed by atoms with Gasteiger partial charge in [0.05, 0.1) is 32.6 Å². The second-order valence-corrected chi connectivity index (χ2v) is 9.57. The zero-order valence-corrected chi connectivity index (χ0v) is 19.5. The van der Waals surface area contributed by atoms with Crippen molar-refractivity contribution in [3.8, 4) is 5.75 Å². The quantitative estimate of drug-likeness (QED) is 0.445. The van der Waals surface area contributed by atoms with Gasteiger partial charge in [0.2, 0.25) is 0 Å². The van der Waals surface area contributed by atoms with Gasteiger partial charge in [-0.3, -0.25) is 9.69 Å². The number of piperazine rings is 1. The van der Waals surface area contributed by atoms with Gasteiger partial charge in [-0.1, -0.05) is 11.3 Å². The minimum Gasteiger partial charge on any atom is -0.494 e. The van der Waals surface area contributed by atoms with Crippen LogP contribution in [0.3, 0.4) is 0 Å². The lowest BCUT2D eigenvalue weighted by Crippen LogP contribution is -2.48. The summed E-state index contributed by atoms with van der Waals surface area (Å²) in [5.41, 5.74) is 4.45. The first kappa shape index (κ1) is 21.1. The smallest absolute Gasteiger partial charge is 0.251 e. The largest absolute Gasteiger partial charge is 0.494 e. The molecule has 4 aromatic rings. The fourth-order valence-corrected chi connectivity index (χ4v) is 5.64. The number of nitrogens with one attached hydrogen (secondary N) is 1. The van der Waals surface area contributed by atoms with Crippen LogP contribution in [-0.2, 0) is 0 Å². The Morgan fingerprint density at radius 3 is 2.78 bits per heavy atom. The highest BCUT2D eigenvalue weighted by atomic mass is 32.1. The van der Waals surface area contributed by atoms with Crippen LogP contribution in [0.15, 0.2) is 41.9 Å². The molecule has 9 heteroatoms. The van der Waals surface area contributed by atoms with Crippen LogP contribution < -0.4 is 15.0 Å². The number of benzene rings is 2. The summed E-state index contributed by atoms with van der Waals surface area (Å²) in [7, 11) is 0. The average molecular weight is 468 g/mol. The predicted octanol–water partition coefficient (Wildman–Crippen LogP) is 3.86. The van der Waals surface area contributed by atoms with Gasteiger partial charge in [-0.15, -0.1) is 11.3 Å².